The molecule has 10 nitrogen and oxygen atoms in total. The van der Waals surface area contributed by atoms with Gasteiger partial charge in [0.05, 0.1) is 0 Å². The van der Waals surface area contributed by atoms with Crippen molar-refractivity contribution in [3.05, 3.63) is 29.3 Å². The number of rotatable bonds is 7. The summed E-state index contributed by atoms with van der Waals surface area (Å²) < 4.78 is 0. The predicted molar refractivity (Wildman–Crippen MR) is 121 cm³/mol. The zero-order chi connectivity index (χ0) is 22.6. The molecule has 1 fully saturated rings. The van der Waals surface area contributed by atoms with Crippen LogP contribution in [0.3, 0.4) is 0 Å². The largest absolute Gasteiger partial charge is 0.350 e. The number of hydrogen-bond donors (Lipinski definition) is 5. The maximum absolute atomic E-state index is 11.8. The maximum Gasteiger partial charge on any atom is 0.274 e. The second-order valence-electron chi connectivity index (χ2n) is 9.13. The lowest BCUT2D eigenvalue weighted by Gasteiger charge is -2.27. The lowest BCUT2D eigenvalue weighted by Crippen LogP contribution is -2.31. The first-order valence-electron chi connectivity index (χ1n) is 10.4. The molecule has 1 aliphatic heterocycles. The van der Waals surface area contributed by atoms with Gasteiger partial charge in [-0.15, -0.1) is 0 Å². The maximum atomic E-state index is 11.8. The van der Waals surface area contributed by atoms with Crippen molar-refractivity contribution in [1.82, 2.24) is 25.7 Å². The minimum atomic E-state index is -0.583. The van der Waals surface area contributed by atoms with E-state index in [0.29, 0.717) is 29.1 Å². The zero-order valence-corrected chi connectivity index (χ0v) is 18.8. The lowest BCUT2D eigenvalue weighted by molar-refractivity contribution is 0.0706. The van der Waals surface area contributed by atoms with Gasteiger partial charge in [0.1, 0.15) is 0 Å². The highest BCUT2D eigenvalue weighted by molar-refractivity contribution is 5.94. The first-order valence-corrected chi connectivity index (χ1v) is 10.4. The number of nitrogens with zero attached hydrogens (tertiary/aromatic N) is 4. The van der Waals surface area contributed by atoms with Gasteiger partial charge in [0, 0.05) is 37.4 Å². The normalized spacial score (nSPS) is 16.1. The van der Waals surface area contributed by atoms with Crippen LogP contribution in [-0.2, 0) is 0 Å². The molecule has 0 bridgehead atoms. The molecule has 2 heterocycles. The van der Waals surface area contributed by atoms with E-state index in [9.17, 15) is 4.79 Å². The average molecular weight is 429 g/mol. The van der Waals surface area contributed by atoms with E-state index in [-0.39, 0.29) is 11.5 Å². The van der Waals surface area contributed by atoms with Crippen LogP contribution in [0.2, 0.25) is 0 Å². The monoisotopic (exact) mass is 428 g/mol. The van der Waals surface area contributed by atoms with Gasteiger partial charge < -0.3 is 20.9 Å². The molecule has 2 aromatic rings. The Morgan fingerprint density at radius 3 is 2.65 bits per heavy atom. The molecular weight excluding hydrogens is 396 g/mol. The summed E-state index contributed by atoms with van der Waals surface area (Å²) >= 11 is 0. The van der Waals surface area contributed by atoms with Crippen molar-refractivity contribution in [2.75, 3.05) is 42.2 Å². The van der Waals surface area contributed by atoms with Crippen molar-refractivity contribution in [3.63, 3.8) is 0 Å². The van der Waals surface area contributed by atoms with E-state index in [2.05, 4.69) is 51.7 Å². The Bertz CT molecular complexity index is 922. The Labute approximate surface area is 182 Å². The van der Waals surface area contributed by atoms with Crippen LogP contribution in [0.1, 0.15) is 43.1 Å². The summed E-state index contributed by atoms with van der Waals surface area (Å²) in [5.74, 6) is 0.857. The van der Waals surface area contributed by atoms with E-state index >= 15 is 0 Å². The van der Waals surface area contributed by atoms with Crippen LogP contribution in [0.25, 0.3) is 0 Å². The van der Waals surface area contributed by atoms with E-state index < -0.39 is 5.91 Å². The van der Waals surface area contributed by atoms with Crippen LogP contribution >= 0.6 is 0 Å². The molecule has 1 aromatic carbocycles. The molecule has 0 unspecified atom stereocenters. The Morgan fingerprint density at radius 2 is 2.00 bits per heavy atom. The molecule has 0 saturated carbocycles. The predicted octanol–water partition coefficient (Wildman–Crippen LogP) is 2.30. The SMILES string of the molecule is Cc1ccc(C(=O)NO)cc1Nc1nc(N[C@H]2CCNC2)nc(N(C)CC(C)(C)C)n1. The highest BCUT2D eigenvalue weighted by Crippen LogP contribution is 2.24. The summed E-state index contributed by atoms with van der Waals surface area (Å²) in [7, 11) is 1.96. The Balaban J connectivity index is 1.92. The smallest absolute Gasteiger partial charge is 0.274 e. The number of carbonyl (C=O) groups is 1. The van der Waals surface area contributed by atoms with Crippen molar-refractivity contribution in [1.29, 1.82) is 0 Å². The van der Waals surface area contributed by atoms with Crippen LogP contribution in [0.4, 0.5) is 23.5 Å². The average Bonchev–Trinajstić information content (AvgIpc) is 3.20. The molecule has 1 aromatic heterocycles. The number of carbonyl (C=O) groups excluding carboxylic acids is 1. The fraction of sp³-hybridized carbons (Fsp3) is 0.524. The van der Waals surface area contributed by atoms with E-state index in [4.69, 9.17) is 5.21 Å². The quantitative estimate of drug-likeness (QED) is 0.333. The molecule has 10 heteroatoms. The number of anilines is 4. The van der Waals surface area contributed by atoms with Gasteiger partial charge in [-0.05, 0) is 43.0 Å². The highest BCUT2D eigenvalue weighted by Gasteiger charge is 2.20. The van der Waals surface area contributed by atoms with Crippen molar-refractivity contribution in [2.24, 2.45) is 5.41 Å². The van der Waals surface area contributed by atoms with Crippen LogP contribution in [0.15, 0.2) is 18.2 Å². The summed E-state index contributed by atoms with van der Waals surface area (Å²) in [4.78, 5) is 27.6. The van der Waals surface area contributed by atoms with Crippen molar-refractivity contribution in [2.45, 2.75) is 40.2 Å². The number of hydroxylamine groups is 1. The fourth-order valence-corrected chi connectivity index (χ4v) is 3.48. The third kappa shape index (κ3) is 6.25. The van der Waals surface area contributed by atoms with Crippen molar-refractivity contribution < 1.29 is 10.0 Å². The molecule has 0 radical (unpaired) electrons. The summed E-state index contributed by atoms with van der Waals surface area (Å²) in [6, 6.07) is 5.35. The molecule has 0 spiro atoms. The highest BCUT2D eigenvalue weighted by atomic mass is 16.5. The summed E-state index contributed by atoms with van der Waals surface area (Å²) in [6.07, 6.45) is 0.999. The Kier molecular flexibility index (Phi) is 6.91. The van der Waals surface area contributed by atoms with Crippen molar-refractivity contribution in [3.8, 4) is 0 Å². The van der Waals surface area contributed by atoms with Crippen LogP contribution in [0.5, 0.6) is 0 Å². The van der Waals surface area contributed by atoms with E-state index in [1.165, 1.54) is 0 Å². The summed E-state index contributed by atoms with van der Waals surface area (Å²) in [5, 5.41) is 18.9. The molecular formula is C21H32N8O2. The molecule has 168 valence electrons. The van der Waals surface area contributed by atoms with E-state index in [0.717, 1.165) is 31.6 Å². The molecule has 31 heavy (non-hydrogen) atoms. The molecule has 1 aliphatic rings. The van der Waals surface area contributed by atoms with Crippen molar-refractivity contribution >= 4 is 29.4 Å². The summed E-state index contributed by atoms with van der Waals surface area (Å²) in [5.41, 5.74) is 3.63. The first kappa shape index (κ1) is 22.7. The van der Waals surface area contributed by atoms with Gasteiger partial charge in [-0.25, -0.2) is 5.48 Å². The second-order valence-corrected chi connectivity index (χ2v) is 9.13. The number of hydrogen-bond acceptors (Lipinski definition) is 9. The second kappa shape index (κ2) is 9.44. The van der Waals surface area contributed by atoms with Gasteiger partial charge in [0.2, 0.25) is 17.8 Å². The standard InChI is InChI=1S/C21H32N8O2/c1-13-6-7-14(17(30)28-31)10-16(13)24-19-25-18(23-15-8-9-22-11-15)26-20(27-19)29(5)12-21(2,3)4/h6-7,10,15,22,31H,8-9,11-12H2,1-5H3,(H,28,30)(H2,23,24,25,26,27)/t15-/m0/s1. The van der Waals surface area contributed by atoms with Gasteiger partial charge in [-0.1, -0.05) is 26.8 Å². The number of amides is 1. The summed E-state index contributed by atoms with van der Waals surface area (Å²) in [6.45, 7) is 11.0. The molecule has 5 N–H and O–H groups in total. The lowest BCUT2D eigenvalue weighted by atomic mass is 9.96. The van der Waals surface area contributed by atoms with Crippen LogP contribution < -0.4 is 26.3 Å². The number of nitrogens with one attached hydrogen (secondary N) is 4. The third-order valence-corrected chi connectivity index (χ3v) is 4.92. The van der Waals surface area contributed by atoms with Gasteiger partial charge in [-0.3, -0.25) is 10.0 Å². The van der Waals surface area contributed by atoms with Gasteiger partial charge >= 0.3 is 0 Å². The first-order chi connectivity index (χ1) is 14.6. The molecule has 1 amide bonds. The molecule has 0 aliphatic carbocycles. The Hall–Kier alpha value is -2.98. The topological polar surface area (TPSA) is 127 Å². The Morgan fingerprint density at radius 1 is 1.26 bits per heavy atom. The third-order valence-electron chi connectivity index (χ3n) is 4.92. The van der Waals surface area contributed by atoms with Gasteiger partial charge in [-0.2, -0.15) is 15.0 Å². The van der Waals surface area contributed by atoms with E-state index in [1.54, 1.807) is 23.7 Å². The molecule has 1 saturated heterocycles. The number of aromatic nitrogens is 3. The molecule has 1 atom stereocenters. The van der Waals surface area contributed by atoms with E-state index in [1.807, 2.05) is 18.9 Å². The molecule has 3 rings (SSSR count). The minimum Gasteiger partial charge on any atom is -0.350 e. The number of aryl methyl sites for hydroxylation is 1. The minimum absolute atomic E-state index is 0.0700. The fourth-order valence-electron chi connectivity index (χ4n) is 3.48. The van der Waals surface area contributed by atoms with Crippen LogP contribution in [0, 0.1) is 12.3 Å². The van der Waals surface area contributed by atoms with Crippen LogP contribution in [-0.4, -0.2) is 58.8 Å². The number of benzene rings is 1. The zero-order valence-electron chi connectivity index (χ0n) is 18.8. The van der Waals surface area contributed by atoms with Gasteiger partial charge in [0.15, 0.2) is 0 Å². The van der Waals surface area contributed by atoms with Gasteiger partial charge in [0.25, 0.3) is 5.91 Å².